The van der Waals surface area contributed by atoms with Crippen molar-refractivity contribution in [3.63, 3.8) is 0 Å². The van der Waals surface area contributed by atoms with Crippen LogP contribution in [-0.4, -0.2) is 47.0 Å². The van der Waals surface area contributed by atoms with Crippen molar-refractivity contribution in [2.45, 2.75) is 12.8 Å². The lowest BCUT2D eigenvalue weighted by Crippen LogP contribution is -2.46. The first-order valence-electron chi connectivity index (χ1n) is 9.85. The Morgan fingerprint density at radius 3 is 2.79 bits per heavy atom. The molecule has 0 atom stereocenters. The van der Waals surface area contributed by atoms with Crippen LogP contribution in [0.15, 0.2) is 48.7 Å². The molecule has 4 aromatic rings. The number of nitrogens with one attached hydrogen (secondary N) is 1. The van der Waals surface area contributed by atoms with Crippen molar-refractivity contribution < 1.29 is 4.39 Å². The molecule has 2 aromatic carbocycles. The first-order valence-corrected chi connectivity index (χ1v) is 10.6. The molecule has 0 saturated carbocycles. The average molecular weight is 395 g/mol. The summed E-state index contributed by atoms with van der Waals surface area (Å²) < 4.78 is 19.3. The number of halogens is 1. The van der Waals surface area contributed by atoms with Crippen molar-refractivity contribution in [3.8, 4) is 0 Å². The van der Waals surface area contributed by atoms with Gasteiger partial charge in [0.15, 0.2) is 0 Å². The lowest BCUT2D eigenvalue weighted by Gasteiger charge is -2.35. The summed E-state index contributed by atoms with van der Waals surface area (Å²) in [6.45, 7) is 5.30. The van der Waals surface area contributed by atoms with E-state index in [9.17, 15) is 4.39 Å². The Kier molecular flexibility index (Phi) is 4.74. The topological polar surface area (TPSA) is 35.2 Å². The van der Waals surface area contributed by atoms with Gasteiger partial charge in [0, 0.05) is 48.7 Å². The number of fused-ring (bicyclic) bond motifs is 2. The number of H-pyrrole nitrogens is 1. The quantitative estimate of drug-likeness (QED) is 0.534. The highest BCUT2D eigenvalue weighted by molar-refractivity contribution is 7.13. The van der Waals surface area contributed by atoms with Gasteiger partial charge in [0.2, 0.25) is 0 Å². The fraction of sp³-hybridized carbons (Fsp3) is 0.318. The molecule has 1 N–H and O–H groups in total. The molecule has 1 aliphatic heterocycles. The van der Waals surface area contributed by atoms with Crippen LogP contribution in [0.4, 0.5) is 10.2 Å². The van der Waals surface area contributed by atoms with Crippen LogP contribution in [0.2, 0.25) is 0 Å². The minimum atomic E-state index is -0.188. The zero-order valence-electron chi connectivity index (χ0n) is 15.7. The predicted octanol–water partition coefficient (Wildman–Crippen LogP) is 4.67. The molecular weight excluding hydrogens is 371 g/mol. The second-order valence-corrected chi connectivity index (χ2v) is 8.24. The maximum absolute atomic E-state index is 13.3. The van der Waals surface area contributed by atoms with Crippen molar-refractivity contribution in [2.75, 3.05) is 37.6 Å². The molecule has 6 heteroatoms. The molecule has 0 spiro atoms. The standard InChI is InChI=1S/C22H23FN4S/c23-17-7-8-18-16(15-24-20(18)14-17)4-3-9-26-10-12-27(13-11-26)22-19-5-1-2-6-21(19)28-25-22/h1-2,5-8,14-15,24H,3-4,9-13H2. The third-order valence-corrected chi connectivity index (χ3v) is 6.50. The van der Waals surface area contributed by atoms with Crippen molar-refractivity contribution >= 4 is 38.3 Å². The zero-order valence-corrected chi connectivity index (χ0v) is 16.5. The Labute approximate surface area is 167 Å². The van der Waals surface area contributed by atoms with E-state index in [-0.39, 0.29) is 5.82 Å². The van der Waals surface area contributed by atoms with Crippen LogP contribution in [0.25, 0.3) is 21.0 Å². The lowest BCUT2D eigenvalue weighted by atomic mass is 10.1. The Morgan fingerprint density at radius 1 is 1.04 bits per heavy atom. The molecule has 1 aliphatic rings. The normalized spacial score (nSPS) is 15.7. The Balaban J connectivity index is 1.15. The molecule has 0 aliphatic carbocycles. The first kappa shape index (κ1) is 17.6. The SMILES string of the molecule is Fc1ccc2c(CCCN3CCN(c4nsc5ccccc45)CC3)c[nH]c2c1. The molecule has 5 rings (SSSR count). The summed E-state index contributed by atoms with van der Waals surface area (Å²) in [6, 6.07) is 13.5. The van der Waals surface area contributed by atoms with E-state index < -0.39 is 0 Å². The van der Waals surface area contributed by atoms with E-state index in [4.69, 9.17) is 4.37 Å². The molecular formula is C22H23FN4S. The number of aryl methyl sites for hydroxylation is 1. The fourth-order valence-electron chi connectivity index (χ4n) is 4.14. The van der Waals surface area contributed by atoms with Gasteiger partial charge < -0.3 is 9.88 Å². The molecule has 144 valence electrons. The maximum Gasteiger partial charge on any atom is 0.150 e. The number of anilines is 1. The monoisotopic (exact) mass is 394 g/mol. The fourth-order valence-corrected chi connectivity index (χ4v) is 4.94. The largest absolute Gasteiger partial charge is 0.361 e. The minimum Gasteiger partial charge on any atom is -0.361 e. The summed E-state index contributed by atoms with van der Waals surface area (Å²) in [6.07, 6.45) is 4.15. The van der Waals surface area contributed by atoms with Crippen LogP contribution in [0.3, 0.4) is 0 Å². The third kappa shape index (κ3) is 3.38. The summed E-state index contributed by atoms with van der Waals surface area (Å²) in [5.41, 5.74) is 2.17. The molecule has 3 heterocycles. The van der Waals surface area contributed by atoms with Gasteiger partial charge in [0.1, 0.15) is 11.6 Å². The van der Waals surface area contributed by atoms with Crippen LogP contribution in [-0.2, 0) is 6.42 Å². The first-order chi connectivity index (χ1) is 13.8. The summed E-state index contributed by atoms with van der Waals surface area (Å²) in [5, 5.41) is 2.42. The molecule has 4 nitrogen and oxygen atoms in total. The summed E-state index contributed by atoms with van der Waals surface area (Å²) in [7, 11) is 0. The maximum atomic E-state index is 13.3. The molecule has 0 unspecified atom stereocenters. The highest BCUT2D eigenvalue weighted by Gasteiger charge is 2.20. The van der Waals surface area contributed by atoms with Gasteiger partial charge in [-0.3, -0.25) is 4.90 Å². The van der Waals surface area contributed by atoms with E-state index in [2.05, 4.69) is 39.0 Å². The number of piperazine rings is 1. The molecule has 1 fully saturated rings. The van der Waals surface area contributed by atoms with Crippen LogP contribution >= 0.6 is 11.5 Å². The number of aromatic nitrogens is 2. The van der Waals surface area contributed by atoms with Gasteiger partial charge in [-0.1, -0.05) is 12.1 Å². The van der Waals surface area contributed by atoms with Gasteiger partial charge in [0.25, 0.3) is 0 Å². The average Bonchev–Trinajstić information content (AvgIpc) is 3.33. The van der Waals surface area contributed by atoms with Crippen molar-refractivity contribution in [1.82, 2.24) is 14.3 Å². The highest BCUT2D eigenvalue weighted by Crippen LogP contribution is 2.30. The number of hydrogen-bond donors (Lipinski definition) is 1. The van der Waals surface area contributed by atoms with Crippen LogP contribution in [0, 0.1) is 5.82 Å². The Morgan fingerprint density at radius 2 is 1.89 bits per heavy atom. The van der Waals surface area contributed by atoms with E-state index in [1.165, 1.54) is 15.6 Å². The number of hydrogen-bond acceptors (Lipinski definition) is 4. The second kappa shape index (κ2) is 7.53. The lowest BCUT2D eigenvalue weighted by molar-refractivity contribution is 0.255. The summed E-state index contributed by atoms with van der Waals surface area (Å²) in [4.78, 5) is 8.15. The van der Waals surface area contributed by atoms with Gasteiger partial charge in [-0.2, -0.15) is 4.37 Å². The summed E-state index contributed by atoms with van der Waals surface area (Å²) >= 11 is 1.59. The van der Waals surface area contributed by atoms with Crippen molar-refractivity contribution in [1.29, 1.82) is 0 Å². The van der Waals surface area contributed by atoms with E-state index in [1.54, 1.807) is 23.7 Å². The number of aromatic amines is 1. The zero-order chi connectivity index (χ0) is 18.9. The van der Waals surface area contributed by atoms with E-state index >= 15 is 0 Å². The number of rotatable bonds is 5. The van der Waals surface area contributed by atoms with Gasteiger partial charge in [-0.25, -0.2) is 4.39 Å². The van der Waals surface area contributed by atoms with Gasteiger partial charge in [0.05, 0.1) is 4.70 Å². The smallest absolute Gasteiger partial charge is 0.150 e. The molecule has 0 amide bonds. The van der Waals surface area contributed by atoms with Gasteiger partial charge >= 0.3 is 0 Å². The van der Waals surface area contributed by atoms with Gasteiger partial charge in [-0.15, -0.1) is 0 Å². The van der Waals surface area contributed by atoms with E-state index in [1.807, 2.05) is 12.3 Å². The van der Waals surface area contributed by atoms with Crippen LogP contribution in [0.1, 0.15) is 12.0 Å². The summed E-state index contributed by atoms with van der Waals surface area (Å²) in [5.74, 6) is 0.956. The molecule has 2 aromatic heterocycles. The number of nitrogens with zero attached hydrogens (tertiary/aromatic N) is 3. The predicted molar refractivity (Wildman–Crippen MR) is 115 cm³/mol. The molecule has 1 saturated heterocycles. The van der Waals surface area contributed by atoms with Crippen LogP contribution < -0.4 is 4.90 Å². The molecule has 0 radical (unpaired) electrons. The Hall–Kier alpha value is -2.44. The highest BCUT2D eigenvalue weighted by atomic mass is 32.1. The van der Waals surface area contributed by atoms with E-state index in [0.29, 0.717) is 0 Å². The van der Waals surface area contributed by atoms with E-state index in [0.717, 1.165) is 62.3 Å². The molecule has 0 bridgehead atoms. The molecule has 28 heavy (non-hydrogen) atoms. The third-order valence-electron chi connectivity index (χ3n) is 5.68. The van der Waals surface area contributed by atoms with Crippen molar-refractivity contribution in [3.05, 3.63) is 60.0 Å². The minimum absolute atomic E-state index is 0.188. The second-order valence-electron chi connectivity index (χ2n) is 7.44. The Bertz CT molecular complexity index is 1090. The number of benzene rings is 2. The van der Waals surface area contributed by atoms with Gasteiger partial charge in [-0.05, 0) is 66.8 Å². The van der Waals surface area contributed by atoms with Crippen molar-refractivity contribution in [2.24, 2.45) is 0 Å². The van der Waals surface area contributed by atoms with Crippen LogP contribution in [0.5, 0.6) is 0 Å².